The molecular formula is C18H28N3O2+. The lowest BCUT2D eigenvalue weighted by molar-refractivity contribution is -0.921. The van der Waals surface area contributed by atoms with Crippen LogP contribution in [-0.2, 0) is 16.1 Å². The Hall–Kier alpha value is -1.88. The fourth-order valence-corrected chi connectivity index (χ4v) is 3.33. The van der Waals surface area contributed by atoms with Gasteiger partial charge >= 0.3 is 0 Å². The van der Waals surface area contributed by atoms with Crippen LogP contribution >= 0.6 is 0 Å². The molecule has 1 heterocycles. The number of carbonyl (C=O) groups excluding carboxylic acids is 2. The number of nitrogens with zero attached hydrogens (tertiary/aromatic N) is 1. The van der Waals surface area contributed by atoms with Crippen LogP contribution in [0.4, 0.5) is 0 Å². The second-order valence-electron chi connectivity index (χ2n) is 6.41. The molecule has 0 bridgehead atoms. The van der Waals surface area contributed by atoms with Gasteiger partial charge in [-0.15, -0.1) is 0 Å². The highest BCUT2D eigenvalue weighted by Crippen LogP contribution is 2.09. The summed E-state index contributed by atoms with van der Waals surface area (Å²) in [5.41, 5.74) is 6.58. The van der Waals surface area contributed by atoms with Gasteiger partial charge in [0.1, 0.15) is 0 Å². The minimum atomic E-state index is -0.238. The number of nitrogens with one attached hydrogen (secondary N) is 1. The highest BCUT2D eigenvalue weighted by atomic mass is 16.2. The number of primary amides is 1. The van der Waals surface area contributed by atoms with Crippen molar-refractivity contribution in [1.82, 2.24) is 4.90 Å². The Bertz CT molecular complexity index is 532. The number of rotatable bonds is 6. The van der Waals surface area contributed by atoms with Crippen LogP contribution in [0.2, 0.25) is 0 Å². The average molecular weight is 318 g/mol. The van der Waals surface area contributed by atoms with Crippen LogP contribution in [-0.4, -0.2) is 42.4 Å². The third-order valence-electron chi connectivity index (χ3n) is 4.85. The van der Waals surface area contributed by atoms with E-state index in [1.165, 1.54) is 4.90 Å². The first-order chi connectivity index (χ1) is 11.0. The van der Waals surface area contributed by atoms with E-state index in [0.717, 1.165) is 24.9 Å². The summed E-state index contributed by atoms with van der Waals surface area (Å²) in [6.45, 7) is 6.89. The molecule has 0 aliphatic carbocycles. The van der Waals surface area contributed by atoms with Gasteiger partial charge in [0.2, 0.25) is 5.91 Å². The highest BCUT2D eigenvalue weighted by Gasteiger charge is 2.34. The highest BCUT2D eigenvalue weighted by molar-refractivity contribution is 5.80. The van der Waals surface area contributed by atoms with Crippen molar-refractivity contribution in [3.8, 4) is 0 Å². The first kappa shape index (κ1) is 17.5. The number of piperidine rings is 1. The predicted octanol–water partition coefficient (Wildman–Crippen LogP) is 0.204. The summed E-state index contributed by atoms with van der Waals surface area (Å²) in [4.78, 5) is 27.3. The van der Waals surface area contributed by atoms with E-state index < -0.39 is 0 Å². The maximum Gasteiger partial charge on any atom is 0.280 e. The smallest absolute Gasteiger partial charge is 0.280 e. The van der Waals surface area contributed by atoms with E-state index >= 15 is 0 Å². The lowest BCUT2D eigenvalue weighted by atomic mass is 9.96. The molecule has 3 N–H and O–H groups in total. The number of benzene rings is 1. The zero-order chi connectivity index (χ0) is 16.8. The van der Waals surface area contributed by atoms with Gasteiger partial charge in [0, 0.05) is 13.1 Å². The van der Waals surface area contributed by atoms with Crippen molar-refractivity contribution in [1.29, 1.82) is 0 Å². The van der Waals surface area contributed by atoms with Crippen molar-refractivity contribution < 1.29 is 14.5 Å². The molecule has 3 atom stereocenters. The molecule has 0 saturated carbocycles. The summed E-state index contributed by atoms with van der Waals surface area (Å²) in [5.74, 6) is -0.187. The Kier molecular flexibility index (Phi) is 6.16. The van der Waals surface area contributed by atoms with E-state index in [-0.39, 0.29) is 23.8 Å². The van der Waals surface area contributed by atoms with Crippen LogP contribution < -0.4 is 10.6 Å². The number of likely N-dealkylation sites (tertiary alicyclic amines) is 1. The van der Waals surface area contributed by atoms with Gasteiger partial charge in [0.15, 0.2) is 6.04 Å². The van der Waals surface area contributed by atoms with Crippen LogP contribution in [0.3, 0.4) is 0 Å². The van der Waals surface area contributed by atoms with Crippen LogP contribution in [0, 0.1) is 5.92 Å². The monoisotopic (exact) mass is 318 g/mol. The second-order valence-corrected chi connectivity index (χ2v) is 6.41. The molecule has 1 fully saturated rings. The molecule has 5 heteroatoms. The van der Waals surface area contributed by atoms with E-state index in [4.69, 9.17) is 5.73 Å². The Balaban J connectivity index is 2.00. The lowest BCUT2D eigenvalue weighted by Gasteiger charge is -2.34. The standard InChI is InChI=1S/C18H27N3O2/c1-3-20(12-15-8-5-4-6-9-15)18(23)14(2)21-11-7-10-16(13-21)17(19)22/h4-6,8-9,14,16H,3,7,10-13H2,1-2H3,(H2,19,22)/p+1/t14-,16-/m0/s1. The van der Waals surface area contributed by atoms with Gasteiger partial charge in [0.05, 0.1) is 19.0 Å². The SMILES string of the molecule is CCN(Cc1ccccc1)C(=O)[C@H](C)[NH+]1CCC[C@H](C(N)=O)C1. The molecule has 1 aliphatic rings. The molecule has 1 aliphatic heterocycles. The van der Waals surface area contributed by atoms with Crippen molar-refractivity contribution in [2.24, 2.45) is 11.7 Å². The number of likely N-dealkylation sites (N-methyl/N-ethyl adjacent to an activating group) is 1. The molecule has 2 amide bonds. The van der Waals surface area contributed by atoms with E-state index in [9.17, 15) is 9.59 Å². The fraction of sp³-hybridized carbons (Fsp3) is 0.556. The van der Waals surface area contributed by atoms with Crippen LogP contribution in [0.1, 0.15) is 32.3 Å². The number of hydrogen-bond donors (Lipinski definition) is 2. The summed E-state index contributed by atoms with van der Waals surface area (Å²) in [6.07, 6.45) is 1.80. The summed E-state index contributed by atoms with van der Waals surface area (Å²) in [7, 11) is 0. The van der Waals surface area contributed by atoms with Crippen LogP contribution in [0.25, 0.3) is 0 Å². The summed E-state index contributed by atoms with van der Waals surface area (Å²) < 4.78 is 0. The van der Waals surface area contributed by atoms with E-state index in [2.05, 4.69) is 0 Å². The minimum absolute atomic E-state index is 0.0989. The summed E-state index contributed by atoms with van der Waals surface area (Å²) in [6, 6.07) is 9.90. The van der Waals surface area contributed by atoms with Crippen molar-refractivity contribution in [2.45, 2.75) is 39.3 Å². The molecule has 1 aromatic carbocycles. The van der Waals surface area contributed by atoms with Gasteiger partial charge in [-0.2, -0.15) is 0 Å². The molecule has 1 aromatic rings. The number of hydrogen-bond acceptors (Lipinski definition) is 2. The van der Waals surface area contributed by atoms with E-state index in [0.29, 0.717) is 19.6 Å². The molecular weight excluding hydrogens is 290 g/mol. The first-order valence-corrected chi connectivity index (χ1v) is 8.49. The number of amides is 2. The Morgan fingerprint density at radius 2 is 2.04 bits per heavy atom. The molecule has 0 aromatic heterocycles. The quantitative estimate of drug-likeness (QED) is 0.787. The topological polar surface area (TPSA) is 67.8 Å². The van der Waals surface area contributed by atoms with Gasteiger partial charge in [-0.1, -0.05) is 30.3 Å². The summed E-state index contributed by atoms with van der Waals surface area (Å²) in [5, 5.41) is 0. The van der Waals surface area contributed by atoms with Crippen molar-refractivity contribution in [2.75, 3.05) is 19.6 Å². The second kappa shape index (κ2) is 8.11. The Morgan fingerprint density at radius 3 is 2.65 bits per heavy atom. The van der Waals surface area contributed by atoms with Crippen LogP contribution in [0.15, 0.2) is 30.3 Å². The van der Waals surface area contributed by atoms with Gasteiger partial charge < -0.3 is 15.5 Å². The van der Waals surface area contributed by atoms with Crippen molar-refractivity contribution in [3.63, 3.8) is 0 Å². The van der Waals surface area contributed by atoms with Gasteiger partial charge in [-0.3, -0.25) is 9.59 Å². The van der Waals surface area contributed by atoms with Gasteiger partial charge in [-0.05, 0) is 32.3 Å². The minimum Gasteiger partial charge on any atom is -0.369 e. The lowest BCUT2D eigenvalue weighted by Crippen LogP contribution is -3.18. The molecule has 5 nitrogen and oxygen atoms in total. The molecule has 2 rings (SSSR count). The Labute approximate surface area is 138 Å². The van der Waals surface area contributed by atoms with Crippen molar-refractivity contribution >= 4 is 11.8 Å². The van der Waals surface area contributed by atoms with E-state index in [1.807, 2.05) is 49.1 Å². The third-order valence-corrected chi connectivity index (χ3v) is 4.85. The van der Waals surface area contributed by atoms with E-state index in [1.54, 1.807) is 0 Å². The normalized spacial score (nSPS) is 22.3. The first-order valence-electron chi connectivity index (χ1n) is 8.49. The fourth-order valence-electron chi connectivity index (χ4n) is 3.33. The maximum absolute atomic E-state index is 12.8. The molecule has 126 valence electrons. The predicted molar refractivity (Wildman–Crippen MR) is 89.6 cm³/mol. The zero-order valence-electron chi connectivity index (χ0n) is 14.1. The average Bonchev–Trinajstić information content (AvgIpc) is 2.59. The molecule has 23 heavy (non-hydrogen) atoms. The number of quaternary nitrogens is 1. The maximum atomic E-state index is 12.8. The number of nitrogens with two attached hydrogens (primary N) is 1. The molecule has 1 unspecified atom stereocenters. The van der Waals surface area contributed by atoms with Crippen molar-refractivity contribution in [3.05, 3.63) is 35.9 Å². The molecule has 1 saturated heterocycles. The molecule has 0 spiro atoms. The third kappa shape index (κ3) is 4.55. The largest absolute Gasteiger partial charge is 0.369 e. The summed E-state index contributed by atoms with van der Waals surface area (Å²) >= 11 is 0. The number of carbonyl (C=O) groups is 2. The zero-order valence-corrected chi connectivity index (χ0v) is 14.1. The van der Waals surface area contributed by atoms with Gasteiger partial charge in [0.25, 0.3) is 5.91 Å². The Morgan fingerprint density at radius 1 is 1.35 bits per heavy atom. The van der Waals surface area contributed by atoms with Crippen LogP contribution in [0.5, 0.6) is 0 Å². The molecule has 0 radical (unpaired) electrons. The van der Waals surface area contributed by atoms with Gasteiger partial charge in [-0.25, -0.2) is 0 Å².